The number of alkyl halides is 3. The lowest BCUT2D eigenvalue weighted by molar-refractivity contribution is -0.137. The van der Waals surface area contributed by atoms with Gasteiger partial charge in [0.15, 0.2) is 0 Å². The van der Waals surface area contributed by atoms with E-state index in [1.807, 2.05) is 0 Å². The van der Waals surface area contributed by atoms with E-state index >= 15 is 0 Å². The first-order valence-corrected chi connectivity index (χ1v) is 6.63. The molecule has 0 spiro atoms. The topological polar surface area (TPSA) is 38.0 Å². The van der Waals surface area contributed by atoms with Crippen LogP contribution < -0.4 is 11.1 Å². The van der Waals surface area contributed by atoms with E-state index in [0.29, 0.717) is 0 Å². The molecule has 2 atom stereocenters. The highest BCUT2D eigenvalue weighted by Crippen LogP contribution is 2.29. The van der Waals surface area contributed by atoms with Crippen molar-refractivity contribution in [2.24, 2.45) is 5.73 Å². The normalized spacial score (nSPS) is 25.1. The predicted molar refractivity (Wildman–Crippen MR) is 68.5 cm³/mol. The van der Waals surface area contributed by atoms with E-state index in [1.165, 1.54) is 0 Å². The first-order chi connectivity index (χ1) is 8.95. The maximum absolute atomic E-state index is 12.5. The van der Waals surface area contributed by atoms with Crippen LogP contribution in [0.25, 0.3) is 0 Å². The van der Waals surface area contributed by atoms with E-state index in [2.05, 4.69) is 5.32 Å². The average Bonchev–Trinajstić information content (AvgIpc) is 2.53. The van der Waals surface area contributed by atoms with Crippen LogP contribution in [0.2, 0.25) is 0 Å². The van der Waals surface area contributed by atoms with Gasteiger partial charge in [0.25, 0.3) is 0 Å². The van der Waals surface area contributed by atoms with Gasteiger partial charge in [-0.1, -0.05) is 25.0 Å². The second kappa shape index (κ2) is 5.92. The number of nitrogens with two attached hydrogens (primary N) is 1. The third kappa shape index (κ3) is 4.21. The molecule has 1 fully saturated rings. The van der Waals surface area contributed by atoms with Gasteiger partial charge in [0, 0.05) is 6.04 Å². The lowest BCUT2D eigenvalue weighted by Gasteiger charge is -2.19. The molecule has 1 heterocycles. The summed E-state index contributed by atoms with van der Waals surface area (Å²) in [4.78, 5) is 0. The molecule has 106 valence electrons. The fourth-order valence-electron chi connectivity index (χ4n) is 2.50. The predicted octanol–water partition coefficient (Wildman–Crippen LogP) is 3.06. The highest BCUT2D eigenvalue weighted by atomic mass is 19.4. The van der Waals surface area contributed by atoms with Gasteiger partial charge in [-0.3, -0.25) is 5.32 Å². The zero-order chi connectivity index (χ0) is 13.9. The Balaban J connectivity index is 1.99. The van der Waals surface area contributed by atoms with Gasteiger partial charge >= 0.3 is 6.18 Å². The molecule has 1 aliphatic rings. The second-order valence-electron chi connectivity index (χ2n) is 5.15. The van der Waals surface area contributed by atoms with Crippen LogP contribution in [0, 0.1) is 0 Å². The Kier molecular flexibility index (Phi) is 4.47. The SMILES string of the molecule is NC1CCCCC(Cc2ccc(C(F)(F)F)cc2)N1. The molecule has 2 rings (SSSR count). The molecule has 0 radical (unpaired) electrons. The van der Waals surface area contributed by atoms with Crippen LogP contribution in [0.15, 0.2) is 24.3 Å². The molecule has 1 aliphatic heterocycles. The molecule has 0 bridgehead atoms. The van der Waals surface area contributed by atoms with Crippen molar-refractivity contribution in [3.05, 3.63) is 35.4 Å². The van der Waals surface area contributed by atoms with Gasteiger partial charge in [0.05, 0.1) is 11.7 Å². The molecule has 1 aromatic rings. The average molecular weight is 272 g/mol. The number of hydrogen-bond acceptors (Lipinski definition) is 2. The van der Waals surface area contributed by atoms with Crippen LogP contribution in [0.5, 0.6) is 0 Å². The van der Waals surface area contributed by atoms with E-state index in [0.717, 1.165) is 49.8 Å². The van der Waals surface area contributed by atoms with Crippen molar-refractivity contribution in [1.82, 2.24) is 5.32 Å². The largest absolute Gasteiger partial charge is 0.416 e. The molecule has 1 aromatic carbocycles. The molecule has 0 aliphatic carbocycles. The summed E-state index contributed by atoms with van der Waals surface area (Å²) in [6.45, 7) is 0. The number of rotatable bonds is 2. The van der Waals surface area contributed by atoms with Crippen molar-refractivity contribution in [1.29, 1.82) is 0 Å². The lowest BCUT2D eigenvalue weighted by atomic mass is 10.0. The van der Waals surface area contributed by atoms with Gasteiger partial charge in [-0.25, -0.2) is 0 Å². The second-order valence-corrected chi connectivity index (χ2v) is 5.15. The minimum atomic E-state index is -4.26. The van der Waals surface area contributed by atoms with Gasteiger partial charge in [0.1, 0.15) is 0 Å². The van der Waals surface area contributed by atoms with Crippen LogP contribution in [-0.4, -0.2) is 12.2 Å². The number of benzene rings is 1. The summed E-state index contributed by atoms with van der Waals surface area (Å²) in [6, 6.07) is 5.66. The third-order valence-electron chi connectivity index (χ3n) is 3.53. The Bertz CT molecular complexity index is 400. The molecule has 1 saturated heterocycles. The summed E-state index contributed by atoms with van der Waals surface area (Å²) in [5.74, 6) is 0. The minimum absolute atomic E-state index is 0.00180. The zero-order valence-electron chi connectivity index (χ0n) is 10.7. The summed E-state index contributed by atoms with van der Waals surface area (Å²) in [6.07, 6.45) is 0.678. The molecule has 0 amide bonds. The first-order valence-electron chi connectivity index (χ1n) is 6.63. The molecule has 0 aromatic heterocycles. The van der Waals surface area contributed by atoms with Crippen molar-refractivity contribution in [2.75, 3.05) is 0 Å². The van der Waals surface area contributed by atoms with Crippen LogP contribution >= 0.6 is 0 Å². The maximum Gasteiger partial charge on any atom is 0.416 e. The Morgan fingerprint density at radius 2 is 1.74 bits per heavy atom. The molecular weight excluding hydrogens is 253 g/mol. The molecular formula is C14H19F3N2. The maximum atomic E-state index is 12.5. The van der Waals surface area contributed by atoms with Crippen molar-refractivity contribution >= 4 is 0 Å². The van der Waals surface area contributed by atoms with E-state index < -0.39 is 11.7 Å². The van der Waals surface area contributed by atoms with Crippen LogP contribution in [0.1, 0.15) is 36.8 Å². The van der Waals surface area contributed by atoms with E-state index in [4.69, 9.17) is 5.73 Å². The Hall–Kier alpha value is -1.07. The highest BCUT2D eigenvalue weighted by Gasteiger charge is 2.30. The van der Waals surface area contributed by atoms with E-state index in [1.54, 1.807) is 12.1 Å². The minimum Gasteiger partial charge on any atom is -0.316 e. The number of halogens is 3. The Morgan fingerprint density at radius 1 is 1.11 bits per heavy atom. The molecule has 0 saturated carbocycles. The quantitative estimate of drug-likeness (QED) is 0.868. The molecule has 2 unspecified atom stereocenters. The monoisotopic (exact) mass is 272 g/mol. The summed E-state index contributed by atoms with van der Waals surface area (Å²) in [5.41, 5.74) is 6.22. The van der Waals surface area contributed by atoms with Gasteiger partial charge < -0.3 is 5.73 Å². The smallest absolute Gasteiger partial charge is 0.316 e. The summed E-state index contributed by atoms with van der Waals surface area (Å²) < 4.78 is 37.4. The molecule has 3 N–H and O–H groups in total. The van der Waals surface area contributed by atoms with Crippen LogP contribution in [0.4, 0.5) is 13.2 Å². The molecule has 19 heavy (non-hydrogen) atoms. The van der Waals surface area contributed by atoms with Gasteiger partial charge in [0.2, 0.25) is 0 Å². The van der Waals surface area contributed by atoms with Gasteiger partial charge in [-0.15, -0.1) is 0 Å². The first kappa shape index (κ1) is 14.3. The molecule has 5 heteroatoms. The number of hydrogen-bond donors (Lipinski definition) is 2. The van der Waals surface area contributed by atoms with Crippen molar-refractivity contribution in [3.63, 3.8) is 0 Å². The van der Waals surface area contributed by atoms with Crippen molar-refractivity contribution < 1.29 is 13.2 Å². The van der Waals surface area contributed by atoms with Crippen LogP contribution in [-0.2, 0) is 12.6 Å². The van der Waals surface area contributed by atoms with Gasteiger partial charge in [-0.2, -0.15) is 13.2 Å². The third-order valence-corrected chi connectivity index (χ3v) is 3.53. The fraction of sp³-hybridized carbons (Fsp3) is 0.571. The Morgan fingerprint density at radius 3 is 2.37 bits per heavy atom. The van der Waals surface area contributed by atoms with E-state index in [-0.39, 0.29) is 12.2 Å². The van der Waals surface area contributed by atoms with Crippen molar-refractivity contribution in [2.45, 2.75) is 50.5 Å². The summed E-state index contributed by atoms with van der Waals surface area (Å²) in [7, 11) is 0. The summed E-state index contributed by atoms with van der Waals surface area (Å²) in [5, 5.41) is 3.33. The number of nitrogens with one attached hydrogen (secondary N) is 1. The van der Waals surface area contributed by atoms with Crippen molar-refractivity contribution in [3.8, 4) is 0 Å². The zero-order valence-corrected chi connectivity index (χ0v) is 10.7. The van der Waals surface area contributed by atoms with E-state index in [9.17, 15) is 13.2 Å². The highest BCUT2D eigenvalue weighted by molar-refractivity contribution is 5.25. The fourth-order valence-corrected chi connectivity index (χ4v) is 2.50. The molecule has 2 nitrogen and oxygen atoms in total. The standard InChI is InChI=1S/C14H19F3N2/c15-14(16,17)11-7-5-10(6-8-11)9-12-3-1-2-4-13(18)19-12/h5-8,12-13,19H,1-4,9,18H2. The lowest BCUT2D eigenvalue weighted by Crippen LogP contribution is -2.43. The van der Waals surface area contributed by atoms with Crippen LogP contribution in [0.3, 0.4) is 0 Å². The Labute approximate surface area is 111 Å². The summed E-state index contributed by atoms with van der Waals surface area (Å²) >= 11 is 0. The van der Waals surface area contributed by atoms with Gasteiger partial charge in [-0.05, 0) is 37.0 Å².